The van der Waals surface area contributed by atoms with Crippen LogP contribution in [0.1, 0.15) is 33.6 Å². The second-order valence-electron chi connectivity index (χ2n) is 4.32. The fourth-order valence-electron chi connectivity index (χ4n) is 2.06. The first kappa shape index (κ1) is 13.4. The molecule has 0 aromatic heterocycles. The monoisotopic (exact) mass is 240 g/mol. The molecule has 1 heterocycles. The summed E-state index contributed by atoms with van der Waals surface area (Å²) >= 11 is 1.88. The van der Waals surface area contributed by atoms with Crippen molar-refractivity contribution in [1.29, 1.82) is 5.26 Å². The van der Waals surface area contributed by atoms with E-state index in [-0.39, 0.29) is 11.9 Å². The minimum atomic E-state index is -0.795. The zero-order chi connectivity index (χ0) is 12.2. The highest BCUT2D eigenvalue weighted by Gasteiger charge is 2.40. The number of carbonyl (C=O) groups is 1. The molecule has 0 N–H and O–H groups in total. The number of rotatable bonds is 3. The minimum absolute atomic E-state index is 0.0350. The average Bonchev–Trinajstić information content (AvgIpc) is 2.32. The third-order valence-corrected chi connectivity index (χ3v) is 4.65. The molecule has 90 valence electrons. The van der Waals surface area contributed by atoms with Gasteiger partial charge in [-0.1, -0.05) is 13.8 Å². The number of amides is 1. The van der Waals surface area contributed by atoms with Crippen molar-refractivity contribution < 1.29 is 4.79 Å². The summed E-state index contributed by atoms with van der Waals surface area (Å²) < 4.78 is 0. The Kier molecular flexibility index (Phi) is 4.67. The maximum atomic E-state index is 12.4. The summed E-state index contributed by atoms with van der Waals surface area (Å²) in [7, 11) is 0. The molecule has 1 saturated heterocycles. The van der Waals surface area contributed by atoms with Gasteiger partial charge in [0.1, 0.15) is 5.41 Å². The van der Waals surface area contributed by atoms with Crippen LogP contribution in [0.4, 0.5) is 0 Å². The Bertz CT molecular complexity index is 294. The Morgan fingerprint density at radius 1 is 1.56 bits per heavy atom. The van der Waals surface area contributed by atoms with Crippen molar-refractivity contribution in [2.75, 3.05) is 18.1 Å². The maximum Gasteiger partial charge on any atom is 0.243 e. The van der Waals surface area contributed by atoms with Gasteiger partial charge in [0.05, 0.1) is 6.07 Å². The molecule has 16 heavy (non-hydrogen) atoms. The molecule has 1 aliphatic heterocycles. The van der Waals surface area contributed by atoms with Gasteiger partial charge in [-0.05, 0) is 19.8 Å². The van der Waals surface area contributed by atoms with Crippen LogP contribution in [0.5, 0.6) is 0 Å². The van der Waals surface area contributed by atoms with Crippen LogP contribution in [0.3, 0.4) is 0 Å². The molecule has 0 aromatic carbocycles. The predicted octanol–water partition coefficient (Wildman–Crippen LogP) is 2.28. The first-order chi connectivity index (χ1) is 7.61. The summed E-state index contributed by atoms with van der Waals surface area (Å²) in [5.74, 6) is 2.01. The van der Waals surface area contributed by atoms with E-state index in [0.29, 0.717) is 12.8 Å². The van der Waals surface area contributed by atoms with Crippen LogP contribution >= 0.6 is 11.8 Å². The van der Waals surface area contributed by atoms with Crippen molar-refractivity contribution in [3.05, 3.63) is 0 Å². The highest BCUT2D eigenvalue weighted by atomic mass is 32.2. The van der Waals surface area contributed by atoms with Gasteiger partial charge in [0.15, 0.2) is 0 Å². The summed E-state index contributed by atoms with van der Waals surface area (Å²) in [6.07, 6.45) is 1.21. The molecular weight excluding hydrogens is 220 g/mol. The highest BCUT2D eigenvalue weighted by molar-refractivity contribution is 7.99. The van der Waals surface area contributed by atoms with E-state index < -0.39 is 5.41 Å². The Labute approximate surface area is 102 Å². The van der Waals surface area contributed by atoms with Gasteiger partial charge in [0, 0.05) is 24.1 Å². The molecule has 1 atom stereocenters. The molecule has 1 amide bonds. The minimum Gasteiger partial charge on any atom is -0.337 e. The van der Waals surface area contributed by atoms with E-state index >= 15 is 0 Å². The Balaban J connectivity index is 2.86. The molecule has 0 aliphatic carbocycles. The molecule has 0 saturated carbocycles. The Hall–Kier alpha value is -0.690. The summed E-state index contributed by atoms with van der Waals surface area (Å²) in [6, 6.07) is 2.50. The fraction of sp³-hybridized carbons (Fsp3) is 0.833. The van der Waals surface area contributed by atoms with Crippen LogP contribution in [0.2, 0.25) is 0 Å². The van der Waals surface area contributed by atoms with Crippen LogP contribution in [0, 0.1) is 16.7 Å². The average molecular weight is 240 g/mol. The third kappa shape index (κ3) is 2.35. The normalized spacial score (nSPS) is 21.6. The van der Waals surface area contributed by atoms with E-state index in [9.17, 15) is 10.1 Å². The van der Waals surface area contributed by atoms with Crippen molar-refractivity contribution >= 4 is 17.7 Å². The van der Waals surface area contributed by atoms with Crippen molar-refractivity contribution in [2.45, 2.75) is 39.7 Å². The number of nitrogens with zero attached hydrogens (tertiary/aromatic N) is 2. The van der Waals surface area contributed by atoms with Crippen molar-refractivity contribution in [3.8, 4) is 6.07 Å². The van der Waals surface area contributed by atoms with Gasteiger partial charge >= 0.3 is 0 Å². The lowest BCUT2D eigenvalue weighted by Crippen LogP contribution is -2.50. The lowest BCUT2D eigenvalue weighted by Gasteiger charge is -2.38. The summed E-state index contributed by atoms with van der Waals surface area (Å²) in [4.78, 5) is 14.3. The molecule has 0 bridgehead atoms. The zero-order valence-corrected chi connectivity index (χ0v) is 11.1. The number of thioether (sulfide) groups is 1. The van der Waals surface area contributed by atoms with Crippen LogP contribution < -0.4 is 0 Å². The molecule has 0 spiro atoms. The largest absolute Gasteiger partial charge is 0.337 e. The van der Waals surface area contributed by atoms with Crippen LogP contribution in [0.25, 0.3) is 0 Å². The Morgan fingerprint density at radius 2 is 2.19 bits per heavy atom. The van der Waals surface area contributed by atoms with Gasteiger partial charge in [-0.25, -0.2) is 0 Å². The van der Waals surface area contributed by atoms with E-state index in [1.165, 1.54) is 0 Å². The standard InChI is InChI=1S/C12H20N2OS/c1-4-12(5-2,9-13)11(15)14-6-7-16-8-10(14)3/h10H,4-8H2,1-3H3. The number of hydrogen-bond donors (Lipinski definition) is 0. The van der Waals surface area contributed by atoms with Gasteiger partial charge in [-0.3, -0.25) is 4.79 Å². The molecule has 3 nitrogen and oxygen atoms in total. The molecule has 0 aromatic rings. The molecular formula is C12H20N2OS. The quantitative estimate of drug-likeness (QED) is 0.760. The smallest absolute Gasteiger partial charge is 0.243 e. The van der Waals surface area contributed by atoms with E-state index in [2.05, 4.69) is 13.0 Å². The first-order valence-electron chi connectivity index (χ1n) is 5.91. The first-order valence-corrected chi connectivity index (χ1v) is 7.06. The van der Waals surface area contributed by atoms with Crippen molar-refractivity contribution in [2.24, 2.45) is 5.41 Å². The fourth-order valence-corrected chi connectivity index (χ4v) is 3.08. The second-order valence-corrected chi connectivity index (χ2v) is 5.47. The molecule has 1 unspecified atom stereocenters. The molecule has 1 aliphatic rings. The van der Waals surface area contributed by atoms with Gasteiger partial charge in [-0.2, -0.15) is 17.0 Å². The summed E-state index contributed by atoms with van der Waals surface area (Å²) in [5.41, 5.74) is -0.795. The van der Waals surface area contributed by atoms with Crippen LogP contribution in [-0.2, 0) is 4.79 Å². The van der Waals surface area contributed by atoms with E-state index in [1.807, 2.05) is 30.5 Å². The SMILES string of the molecule is CCC(C#N)(CC)C(=O)N1CCSCC1C. The van der Waals surface area contributed by atoms with E-state index in [0.717, 1.165) is 18.1 Å². The van der Waals surface area contributed by atoms with E-state index in [1.54, 1.807) is 0 Å². The lowest BCUT2D eigenvalue weighted by atomic mass is 9.82. The molecule has 4 heteroatoms. The highest BCUT2D eigenvalue weighted by Crippen LogP contribution is 2.30. The third-order valence-electron chi connectivity index (χ3n) is 3.46. The number of hydrogen-bond acceptors (Lipinski definition) is 3. The molecule has 0 radical (unpaired) electrons. The zero-order valence-electron chi connectivity index (χ0n) is 10.3. The predicted molar refractivity (Wildman–Crippen MR) is 67.1 cm³/mol. The van der Waals surface area contributed by atoms with Gasteiger partial charge in [0.25, 0.3) is 0 Å². The van der Waals surface area contributed by atoms with Crippen LogP contribution in [-0.4, -0.2) is 34.9 Å². The Morgan fingerprint density at radius 3 is 2.62 bits per heavy atom. The summed E-state index contributed by atoms with van der Waals surface area (Å²) in [5, 5.41) is 9.26. The van der Waals surface area contributed by atoms with E-state index in [4.69, 9.17) is 0 Å². The van der Waals surface area contributed by atoms with Crippen LogP contribution in [0.15, 0.2) is 0 Å². The van der Waals surface area contributed by atoms with Crippen molar-refractivity contribution in [3.63, 3.8) is 0 Å². The summed E-state index contributed by atoms with van der Waals surface area (Å²) in [6.45, 7) is 6.70. The van der Waals surface area contributed by atoms with Crippen molar-refractivity contribution in [1.82, 2.24) is 4.90 Å². The number of carbonyl (C=O) groups excluding carboxylic acids is 1. The topological polar surface area (TPSA) is 44.1 Å². The number of nitriles is 1. The molecule has 1 rings (SSSR count). The maximum absolute atomic E-state index is 12.4. The van der Waals surface area contributed by atoms with Gasteiger partial charge in [-0.15, -0.1) is 0 Å². The molecule has 1 fully saturated rings. The van der Waals surface area contributed by atoms with Gasteiger partial charge < -0.3 is 4.90 Å². The lowest BCUT2D eigenvalue weighted by molar-refractivity contribution is -0.141. The second kappa shape index (κ2) is 5.58. The van der Waals surface area contributed by atoms with Gasteiger partial charge in [0.2, 0.25) is 5.91 Å².